The SMILES string of the molecule is C=CCc1cc(C=C2C(=O)NC(=O)N(Cc3ccco3)C2=O)cc(OC)c1OCc1ccccc1. The summed E-state index contributed by atoms with van der Waals surface area (Å²) in [4.78, 5) is 38.7. The summed E-state index contributed by atoms with van der Waals surface area (Å²) < 4.78 is 16.9. The number of methoxy groups -OCH3 is 1. The molecule has 0 unspecified atom stereocenters. The van der Waals surface area contributed by atoms with Gasteiger partial charge in [-0.2, -0.15) is 0 Å². The van der Waals surface area contributed by atoms with Gasteiger partial charge in [-0.3, -0.25) is 19.8 Å². The number of allylic oxidation sites excluding steroid dienone is 1. The Morgan fingerprint density at radius 1 is 1.09 bits per heavy atom. The van der Waals surface area contributed by atoms with E-state index in [1.807, 2.05) is 30.3 Å². The minimum Gasteiger partial charge on any atom is -0.493 e. The van der Waals surface area contributed by atoms with E-state index in [0.29, 0.717) is 35.9 Å². The molecule has 1 saturated heterocycles. The summed E-state index contributed by atoms with van der Waals surface area (Å²) in [5.41, 5.74) is 2.13. The Bertz CT molecular complexity index is 1280. The number of hydrogen-bond donors (Lipinski definition) is 1. The lowest BCUT2D eigenvalue weighted by molar-refractivity contribution is -0.130. The molecule has 2 aromatic carbocycles. The number of ether oxygens (including phenoxy) is 2. The molecule has 178 valence electrons. The minimum atomic E-state index is -0.803. The van der Waals surface area contributed by atoms with E-state index >= 15 is 0 Å². The fourth-order valence-corrected chi connectivity index (χ4v) is 3.68. The number of furan rings is 1. The number of barbiturate groups is 1. The van der Waals surface area contributed by atoms with E-state index in [2.05, 4.69) is 11.9 Å². The zero-order valence-electron chi connectivity index (χ0n) is 19.2. The maximum Gasteiger partial charge on any atom is 0.331 e. The number of rotatable bonds is 9. The zero-order valence-corrected chi connectivity index (χ0v) is 19.2. The summed E-state index contributed by atoms with van der Waals surface area (Å²) in [7, 11) is 1.52. The molecule has 4 amide bonds. The number of urea groups is 1. The average molecular weight is 472 g/mol. The fraction of sp³-hybridized carbons (Fsp3) is 0.148. The van der Waals surface area contributed by atoms with Crippen LogP contribution in [0.2, 0.25) is 0 Å². The monoisotopic (exact) mass is 472 g/mol. The first kappa shape index (κ1) is 23.6. The molecule has 2 heterocycles. The van der Waals surface area contributed by atoms with Gasteiger partial charge in [-0.15, -0.1) is 6.58 Å². The highest BCUT2D eigenvalue weighted by Crippen LogP contribution is 2.35. The molecular formula is C27H24N2O6. The van der Waals surface area contributed by atoms with Crippen molar-refractivity contribution < 1.29 is 28.3 Å². The van der Waals surface area contributed by atoms with Crippen LogP contribution in [0.3, 0.4) is 0 Å². The van der Waals surface area contributed by atoms with Gasteiger partial charge in [0.25, 0.3) is 11.8 Å². The highest BCUT2D eigenvalue weighted by atomic mass is 16.5. The van der Waals surface area contributed by atoms with E-state index in [1.54, 1.807) is 30.3 Å². The summed E-state index contributed by atoms with van der Waals surface area (Å²) in [6.07, 6.45) is 5.07. The van der Waals surface area contributed by atoms with E-state index < -0.39 is 17.8 Å². The summed E-state index contributed by atoms with van der Waals surface area (Å²) >= 11 is 0. The van der Waals surface area contributed by atoms with Gasteiger partial charge in [0, 0.05) is 5.56 Å². The maximum absolute atomic E-state index is 13.0. The predicted molar refractivity (Wildman–Crippen MR) is 128 cm³/mol. The van der Waals surface area contributed by atoms with Crippen molar-refractivity contribution in [2.24, 2.45) is 0 Å². The van der Waals surface area contributed by atoms with Crippen molar-refractivity contribution in [2.45, 2.75) is 19.6 Å². The highest BCUT2D eigenvalue weighted by molar-refractivity contribution is 6.30. The largest absolute Gasteiger partial charge is 0.493 e. The molecule has 1 fully saturated rings. The number of imide groups is 2. The van der Waals surface area contributed by atoms with Gasteiger partial charge < -0.3 is 13.9 Å². The Morgan fingerprint density at radius 2 is 1.89 bits per heavy atom. The van der Waals surface area contributed by atoms with Crippen molar-refractivity contribution in [3.8, 4) is 11.5 Å². The Balaban J connectivity index is 1.66. The van der Waals surface area contributed by atoms with Crippen molar-refractivity contribution in [1.29, 1.82) is 0 Å². The van der Waals surface area contributed by atoms with Crippen LogP contribution in [0.25, 0.3) is 6.08 Å². The number of carbonyl (C=O) groups is 3. The van der Waals surface area contributed by atoms with Crippen molar-refractivity contribution >= 4 is 23.9 Å². The van der Waals surface area contributed by atoms with Crippen LogP contribution in [-0.4, -0.2) is 29.9 Å². The van der Waals surface area contributed by atoms with Gasteiger partial charge >= 0.3 is 6.03 Å². The first-order valence-corrected chi connectivity index (χ1v) is 10.9. The van der Waals surface area contributed by atoms with Crippen LogP contribution in [0.5, 0.6) is 11.5 Å². The molecule has 0 bridgehead atoms. The van der Waals surface area contributed by atoms with E-state index in [1.165, 1.54) is 19.4 Å². The van der Waals surface area contributed by atoms with Crippen LogP contribution in [0.1, 0.15) is 22.5 Å². The lowest BCUT2D eigenvalue weighted by Gasteiger charge is -2.25. The molecule has 0 radical (unpaired) electrons. The molecule has 1 N–H and O–H groups in total. The molecule has 0 spiro atoms. The first-order valence-electron chi connectivity index (χ1n) is 10.9. The third-order valence-corrected chi connectivity index (χ3v) is 5.36. The molecular weight excluding hydrogens is 448 g/mol. The molecule has 0 aliphatic carbocycles. The number of amides is 4. The Hall–Kier alpha value is -4.59. The topological polar surface area (TPSA) is 98.1 Å². The number of nitrogens with one attached hydrogen (secondary N) is 1. The summed E-state index contributed by atoms with van der Waals surface area (Å²) in [5.74, 6) is -0.0862. The molecule has 4 rings (SSSR count). The fourth-order valence-electron chi connectivity index (χ4n) is 3.68. The second-order valence-corrected chi connectivity index (χ2v) is 7.77. The van der Waals surface area contributed by atoms with Crippen molar-refractivity contribution in [1.82, 2.24) is 10.2 Å². The van der Waals surface area contributed by atoms with E-state index in [4.69, 9.17) is 13.9 Å². The Labute approximate surface area is 202 Å². The smallest absolute Gasteiger partial charge is 0.331 e. The Kier molecular flexibility index (Phi) is 7.11. The summed E-state index contributed by atoms with van der Waals surface area (Å²) in [6.45, 7) is 4.05. The molecule has 1 aliphatic heterocycles. The second-order valence-electron chi connectivity index (χ2n) is 7.77. The van der Waals surface area contributed by atoms with Crippen LogP contribution in [-0.2, 0) is 29.2 Å². The van der Waals surface area contributed by atoms with Gasteiger partial charge in [0.05, 0.1) is 19.9 Å². The second kappa shape index (κ2) is 10.6. The van der Waals surface area contributed by atoms with Gasteiger partial charge in [-0.25, -0.2) is 4.79 Å². The summed E-state index contributed by atoms with van der Waals surface area (Å²) in [6, 6.07) is 15.7. The van der Waals surface area contributed by atoms with Crippen LogP contribution >= 0.6 is 0 Å². The van der Waals surface area contributed by atoms with Gasteiger partial charge in [-0.05, 0) is 47.9 Å². The molecule has 8 nitrogen and oxygen atoms in total. The third kappa shape index (κ3) is 5.33. The van der Waals surface area contributed by atoms with Crippen LogP contribution in [0.15, 0.2) is 83.5 Å². The minimum absolute atomic E-state index is 0.0976. The van der Waals surface area contributed by atoms with Gasteiger partial charge in [0.1, 0.15) is 17.9 Å². The number of carbonyl (C=O) groups excluding carboxylic acids is 3. The predicted octanol–water partition coefficient (Wildman–Crippen LogP) is 4.26. The molecule has 1 aromatic heterocycles. The van der Waals surface area contributed by atoms with E-state index in [0.717, 1.165) is 16.0 Å². The number of hydrogen-bond acceptors (Lipinski definition) is 6. The first-order chi connectivity index (χ1) is 17.0. The lowest BCUT2D eigenvalue weighted by Crippen LogP contribution is -2.53. The maximum atomic E-state index is 13.0. The van der Waals surface area contributed by atoms with Crippen LogP contribution in [0.4, 0.5) is 4.79 Å². The quantitative estimate of drug-likeness (QED) is 0.284. The lowest BCUT2D eigenvalue weighted by atomic mass is 10.0. The zero-order chi connectivity index (χ0) is 24.8. The average Bonchev–Trinajstić information content (AvgIpc) is 3.37. The van der Waals surface area contributed by atoms with Gasteiger partial charge in [-0.1, -0.05) is 36.4 Å². The summed E-state index contributed by atoms with van der Waals surface area (Å²) in [5, 5.41) is 2.21. The molecule has 35 heavy (non-hydrogen) atoms. The van der Waals surface area contributed by atoms with Crippen LogP contribution < -0.4 is 14.8 Å². The molecule has 3 aromatic rings. The normalized spacial score (nSPS) is 14.7. The van der Waals surface area contributed by atoms with E-state index in [-0.39, 0.29) is 12.1 Å². The van der Waals surface area contributed by atoms with Crippen molar-refractivity contribution in [2.75, 3.05) is 7.11 Å². The highest BCUT2D eigenvalue weighted by Gasteiger charge is 2.36. The molecule has 1 aliphatic rings. The number of benzene rings is 2. The van der Waals surface area contributed by atoms with Crippen molar-refractivity contribution in [3.05, 3.63) is 102 Å². The number of nitrogens with zero attached hydrogens (tertiary/aromatic N) is 1. The Morgan fingerprint density at radius 3 is 2.57 bits per heavy atom. The van der Waals surface area contributed by atoms with Crippen molar-refractivity contribution in [3.63, 3.8) is 0 Å². The molecule has 8 heteroatoms. The van der Waals surface area contributed by atoms with Crippen LogP contribution in [0, 0.1) is 0 Å². The third-order valence-electron chi connectivity index (χ3n) is 5.36. The molecule has 0 saturated carbocycles. The van der Waals surface area contributed by atoms with Gasteiger partial charge in [0.2, 0.25) is 0 Å². The standard InChI is InChI=1S/C27H24N2O6/c1-3-8-20-13-19(15-23(33-2)24(20)35-17-18-9-5-4-6-10-18)14-22-25(30)28-27(32)29(26(22)31)16-21-11-7-12-34-21/h3-7,9-15H,1,8,16-17H2,2H3,(H,28,30,32). The van der Waals surface area contributed by atoms with E-state index in [9.17, 15) is 14.4 Å². The molecule has 0 atom stereocenters. The van der Waals surface area contributed by atoms with Gasteiger partial charge in [0.15, 0.2) is 11.5 Å².